The Labute approximate surface area is 174 Å². The predicted molar refractivity (Wildman–Crippen MR) is 115 cm³/mol. The minimum atomic E-state index is -0.225. The van der Waals surface area contributed by atoms with Crippen molar-refractivity contribution in [2.45, 2.75) is 18.9 Å². The molecule has 2 aliphatic heterocycles. The molecule has 0 radical (unpaired) electrons. The van der Waals surface area contributed by atoms with Crippen LogP contribution in [0.1, 0.15) is 18.4 Å². The van der Waals surface area contributed by atoms with E-state index in [-0.39, 0.29) is 12.1 Å². The Morgan fingerprint density at radius 3 is 2.93 bits per heavy atom. The number of hydrogen-bond acceptors (Lipinski definition) is 5. The van der Waals surface area contributed by atoms with E-state index in [0.29, 0.717) is 17.2 Å². The molecule has 4 heterocycles. The molecule has 2 amide bonds. The van der Waals surface area contributed by atoms with Gasteiger partial charge in [0.15, 0.2) is 5.82 Å². The Hall–Kier alpha value is -3.92. The third kappa shape index (κ3) is 3.22. The van der Waals surface area contributed by atoms with E-state index in [1.807, 2.05) is 42.5 Å². The van der Waals surface area contributed by atoms with Gasteiger partial charge in [0.05, 0.1) is 29.1 Å². The Morgan fingerprint density at radius 1 is 1.17 bits per heavy atom. The smallest absolute Gasteiger partial charge is 0.329 e. The van der Waals surface area contributed by atoms with E-state index in [0.717, 1.165) is 42.9 Å². The molecule has 5 rings (SSSR count). The van der Waals surface area contributed by atoms with E-state index >= 15 is 0 Å². The topological polar surface area (TPSA) is 85.1 Å². The van der Waals surface area contributed by atoms with Crippen LogP contribution in [-0.2, 0) is 0 Å². The summed E-state index contributed by atoms with van der Waals surface area (Å²) in [5, 5.41) is 12.1. The van der Waals surface area contributed by atoms with Gasteiger partial charge in [0.1, 0.15) is 5.82 Å². The van der Waals surface area contributed by atoms with Gasteiger partial charge in [-0.1, -0.05) is 18.2 Å². The molecule has 7 nitrogen and oxygen atoms in total. The number of carbonyl (C=O) groups excluding carboxylic acids is 1. The number of hydrogen-bond donors (Lipinski definition) is 1. The van der Waals surface area contributed by atoms with E-state index in [4.69, 9.17) is 4.98 Å². The summed E-state index contributed by atoms with van der Waals surface area (Å²) in [6.07, 6.45) is 3.62. The number of fused-ring (bicyclic) bond motifs is 4. The molecule has 1 unspecified atom stereocenters. The van der Waals surface area contributed by atoms with Crippen LogP contribution in [0.15, 0.2) is 60.8 Å². The average Bonchev–Trinajstić information content (AvgIpc) is 2.80. The fourth-order valence-electron chi connectivity index (χ4n) is 4.20. The largest absolute Gasteiger partial charge is 0.366 e. The van der Waals surface area contributed by atoms with Crippen molar-refractivity contribution in [1.29, 1.82) is 5.26 Å². The van der Waals surface area contributed by atoms with Gasteiger partial charge in [-0.05, 0) is 49.2 Å². The molecular weight excluding hydrogens is 376 g/mol. The van der Waals surface area contributed by atoms with Gasteiger partial charge in [-0.3, -0.25) is 10.2 Å². The highest BCUT2D eigenvalue weighted by Gasteiger charge is 2.38. The lowest BCUT2D eigenvalue weighted by Crippen LogP contribution is -2.56. The van der Waals surface area contributed by atoms with Gasteiger partial charge in [0, 0.05) is 24.8 Å². The Kier molecular flexibility index (Phi) is 4.52. The molecule has 3 aromatic rings. The van der Waals surface area contributed by atoms with E-state index in [1.54, 1.807) is 23.2 Å². The summed E-state index contributed by atoms with van der Waals surface area (Å²) in [5.74, 6) is 1.17. The van der Waals surface area contributed by atoms with Crippen LogP contribution in [0.4, 0.5) is 22.1 Å². The van der Waals surface area contributed by atoms with E-state index in [2.05, 4.69) is 21.3 Å². The molecule has 2 bridgehead atoms. The molecule has 0 aliphatic carbocycles. The summed E-state index contributed by atoms with van der Waals surface area (Å²) in [5.41, 5.74) is 3.13. The monoisotopic (exact) mass is 396 g/mol. The van der Waals surface area contributed by atoms with Crippen LogP contribution in [0.2, 0.25) is 0 Å². The van der Waals surface area contributed by atoms with Crippen molar-refractivity contribution in [3.05, 3.63) is 66.4 Å². The zero-order chi connectivity index (χ0) is 20.5. The van der Waals surface area contributed by atoms with E-state index in [9.17, 15) is 10.1 Å². The molecule has 1 saturated heterocycles. The molecule has 1 fully saturated rings. The highest BCUT2D eigenvalue weighted by Crippen LogP contribution is 2.39. The molecule has 1 aromatic carbocycles. The molecule has 148 valence electrons. The maximum absolute atomic E-state index is 13.3. The second-order valence-electron chi connectivity index (χ2n) is 7.49. The number of nitrogens with one attached hydrogen (secondary N) is 1. The van der Waals surface area contributed by atoms with Crippen molar-refractivity contribution in [3.63, 3.8) is 0 Å². The van der Waals surface area contributed by atoms with Crippen LogP contribution >= 0.6 is 0 Å². The number of benzene rings is 1. The maximum atomic E-state index is 13.3. The van der Waals surface area contributed by atoms with E-state index in [1.165, 1.54) is 0 Å². The van der Waals surface area contributed by atoms with Crippen LogP contribution in [0, 0.1) is 11.3 Å². The zero-order valence-corrected chi connectivity index (χ0v) is 16.3. The zero-order valence-electron chi connectivity index (χ0n) is 16.3. The Morgan fingerprint density at radius 2 is 2.10 bits per heavy atom. The lowest BCUT2D eigenvalue weighted by atomic mass is 9.99. The standard InChI is InChI=1S/C23H20N6O/c24-14-16-5-3-6-17(13-16)19-9-10-20-22(26-19)29(18-7-4-12-28(20)15-18)23(30)27-21-8-1-2-11-25-21/h1-3,5-6,8-11,13,18H,4,7,12,15H2,(H,25,27,30). The number of carbonyl (C=O) groups is 1. The molecule has 7 heteroatoms. The van der Waals surface area contributed by atoms with E-state index < -0.39 is 0 Å². The second kappa shape index (κ2) is 7.48. The SMILES string of the molecule is N#Cc1cccc(-c2ccc3c(n2)N(C(=O)Nc2ccccn2)C2CCCN3C2)c1. The molecule has 0 spiro atoms. The molecule has 2 aliphatic rings. The molecular formula is C23H20N6O. The number of anilines is 3. The summed E-state index contributed by atoms with van der Waals surface area (Å²) >= 11 is 0. The summed E-state index contributed by atoms with van der Waals surface area (Å²) in [6.45, 7) is 1.76. The van der Waals surface area contributed by atoms with Crippen molar-refractivity contribution in [2.24, 2.45) is 0 Å². The van der Waals surface area contributed by atoms with Crippen LogP contribution in [0.3, 0.4) is 0 Å². The van der Waals surface area contributed by atoms with Gasteiger partial charge < -0.3 is 4.90 Å². The lowest BCUT2D eigenvalue weighted by molar-refractivity contribution is 0.252. The van der Waals surface area contributed by atoms with Crippen LogP contribution in [0.5, 0.6) is 0 Å². The average molecular weight is 396 g/mol. The number of amides is 2. The summed E-state index contributed by atoms with van der Waals surface area (Å²) < 4.78 is 0. The second-order valence-corrected chi connectivity index (χ2v) is 7.49. The summed E-state index contributed by atoms with van der Waals surface area (Å²) in [6, 6.07) is 18.8. The highest BCUT2D eigenvalue weighted by molar-refractivity contribution is 6.04. The van der Waals surface area contributed by atoms with Crippen molar-refractivity contribution < 1.29 is 4.79 Å². The summed E-state index contributed by atoms with van der Waals surface area (Å²) in [7, 11) is 0. The van der Waals surface area contributed by atoms with Crippen LogP contribution in [-0.4, -0.2) is 35.1 Å². The first kappa shape index (κ1) is 18.1. The van der Waals surface area contributed by atoms with Gasteiger partial charge in [-0.2, -0.15) is 5.26 Å². The van der Waals surface area contributed by atoms with Crippen LogP contribution in [0.25, 0.3) is 11.3 Å². The third-order valence-electron chi connectivity index (χ3n) is 5.59. The molecule has 0 saturated carbocycles. The third-order valence-corrected chi connectivity index (χ3v) is 5.59. The maximum Gasteiger partial charge on any atom is 0.329 e. The Bertz CT molecular complexity index is 1140. The molecule has 2 aromatic heterocycles. The molecule has 1 N–H and O–H groups in total. The fraction of sp³-hybridized carbons (Fsp3) is 0.217. The molecule has 30 heavy (non-hydrogen) atoms. The lowest BCUT2D eigenvalue weighted by Gasteiger charge is -2.45. The minimum Gasteiger partial charge on any atom is -0.366 e. The van der Waals surface area contributed by atoms with Gasteiger partial charge >= 0.3 is 6.03 Å². The number of nitrogens with zero attached hydrogens (tertiary/aromatic N) is 5. The first-order valence-corrected chi connectivity index (χ1v) is 10.0. The Balaban J connectivity index is 1.56. The predicted octanol–water partition coefficient (Wildman–Crippen LogP) is 4.04. The number of urea groups is 1. The fourth-order valence-corrected chi connectivity index (χ4v) is 4.20. The first-order chi connectivity index (χ1) is 14.7. The quantitative estimate of drug-likeness (QED) is 0.707. The number of aromatic nitrogens is 2. The normalized spacial score (nSPS) is 17.1. The van der Waals surface area contributed by atoms with Crippen molar-refractivity contribution in [2.75, 3.05) is 28.2 Å². The molecule has 1 atom stereocenters. The van der Waals surface area contributed by atoms with Crippen molar-refractivity contribution >= 4 is 23.4 Å². The van der Waals surface area contributed by atoms with Gasteiger partial charge in [0.2, 0.25) is 0 Å². The van der Waals surface area contributed by atoms with Crippen molar-refractivity contribution in [1.82, 2.24) is 9.97 Å². The first-order valence-electron chi connectivity index (χ1n) is 10.0. The number of rotatable bonds is 2. The van der Waals surface area contributed by atoms with Crippen LogP contribution < -0.4 is 15.1 Å². The van der Waals surface area contributed by atoms with Crippen molar-refractivity contribution in [3.8, 4) is 17.3 Å². The highest BCUT2D eigenvalue weighted by atomic mass is 16.2. The van der Waals surface area contributed by atoms with Gasteiger partial charge in [-0.25, -0.2) is 14.8 Å². The minimum absolute atomic E-state index is 0.0585. The number of nitriles is 1. The number of piperidine rings is 1. The summed E-state index contributed by atoms with van der Waals surface area (Å²) in [4.78, 5) is 26.4. The van der Waals surface area contributed by atoms with Gasteiger partial charge in [-0.15, -0.1) is 0 Å². The van der Waals surface area contributed by atoms with Gasteiger partial charge in [0.25, 0.3) is 0 Å². The number of pyridine rings is 2.